The Labute approximate surface area is 94.7 Å². The van der Waals surface area contributed by atoms with E-state index in [1.165, 1.54) is 0 Å². The molecule has 4 heteroatoms. The van der Waals surface area contributed by atoms with Crippen LogP contribution in [0.25, 0.3) is 0 Å². The molecular formula is C10H20BrNO2. The lowest BCUT2D eigenvalue weighted by Crippen LogP contribution is -2.25. The second-order valence-corrected chi connectivity index (χ2v) is 4.40. The SMILES string of the molecule is CC(C)COCCCNC(=O)CCBr. The minimum Gasteiger partial charge on any atom is -0.381 e. The van der Waals surface area contributed by atoms with Gasteiger partial charge in [-0.2, -0.15) is 0 Å². The molecule has 0 radical (unpaired) electrons. The average Bonchev–Trinajstić information content (AvgIpc) is 2.11. The van der Waals surface area contributed by atoms with Crippen LogP contribution < -0.4 is 5.32 Å². The summed E-state index contributed by atoms with van der Waals surface area (Å²) in [7, 11) is 0. The Morgan fingerprint density at radius 3 is 2.79 bits per heavy atom. The molecule has 0 saturated heterocycles. The Balaban J connectivity index is 3.09. The highest BCUT2D eigenvalue weighted by Gasteiger charge is 1.98. The summed E-state index contributed by atoms with van der Waals surface area (Å²) in [4.78, 5) is 11.0. The lowest BCUT2D eigenvalue weighted by atomic mass is 10.2. The molecule has 84 valence electrons. The van der Waals surface area contributed by atoms with E-state index in [1.54, 1.807) is 0 Å². The van der Waals surface area contributed by atoms with E-state index in [0.29, 0.717) is 18.9 Å². The van der Waals surface area contributed by atoms with Gasteiger partial charge in [-0.25, -0.2) is 0 Å². The zero-order chi connectivity index (χ0) is 10.8. The van der Waals surface area contributed by atoms with Gasteiger partial charge in [-0.1, -0.05) is 29.8 Å². The van der Waals surface area contributed by atoms with Crippen LogP contribution in [-0.4, -0.2) is 31.0 Å². The molecule has 0 atom stereocenters. The van der Waals surface area contributed by atoms with Gasteiger partial charge in [0.1, 0.15) is 0 Å². The van der Waals surface area contributed by atoms with E-state index < -0.39 is 0 Å². The van der Waals surface area contributed by atoms with E-state index in [2.05, 4.69) is 35.1 Å². The topological polar surface area (TPSA) is 38.3 Å². The number of carbonyl (C=O) groups is 1. The van der Waals surface area contributed by atoms with Crippen molar-refractivity contribution in [2.45, 2.75) is 26.7 Å². The van der Waals surface area contributed by atoms with Crippen LogP contribution in [0, 0.1) is 5.92 Å². The van der Waals surface area contributed by atoms with Gasteiger partial charge in [0.05, 0.1) is 0 Å². The number of hydrogen-bond acceptors (Lipinski definition) is 2. The maximum Gasteiger partial charge on any atom is 0.220 e. The summed E-state index contributed by atoms with van der Waals surface area (Å²) in [5.41, 5.74) is 0. The van der Waals surface area contributed by atoms with E-state index in [0.717, 1.165) is 25.0 Å². The van der Waals surface area contributed by atoms with Crippen molar-refractivity contribution in [2.75, 3.05) is 25.1 Å². The monoisotopic (exact) mass is 265 g/mol. The lowest BCUT2D eigenvalue weighted by Gasteiger charge is -2.07. The van der Waals surface area contributed by atoms with Crippen LogP contribution >= 0.6 is 15.9 Å². The van der Waals surface area contributed by atoms with E-state index in [-0.39, 0.29) is 5.91 Å². The van der Waals surface area contributed by atoms with Crippen molar-refractivity contribution in [3.05, 3.63) is 0 Å². The van der Waals surface area contributed by atoms with Crippen LogP contribution in [0.4, 0.5) is 0 Å². The Bertz CT molecular complexity index is 151. The third-order valence-electron chi connectivity index (χ3n) is 1.56. The molecule has 0 bridgehead atoms. The van der Waals surface area contributed by atoms with Gasteiger partial charge in [0, 0.05) is 31.5 Å². The number of ether oxygens (including phenoxy) is 1. The molecular weight excluding hydrogens is 246 g/mol. The predicted molar refractivity (Wildman–Crippen MR) is 61.7 cm³/mol. The molecule has 0 aliphatic rings. The summed E-state index contributed by atoms with van der Waals surface area (Å²) in [6, 6.07) is 0. The normalized spacial score (nSPS) is 10.6. The number of rotatable bonds is 8. The minimum atomic E-state index is 0.103. The number of carbonyl (C=O) groups excluding carboxylic acids is 1. The predicted octanol–water partition coefficient (Wildman–Crippen LogP) is 1.95. The number of halogens is 1. The molecule has 0 unspecified atom stereocenters. The number of alkyl halides is 1. The number of amides is 1. The van der Waals surface area contributed by atoms with Crippen molar-refractivity contribution in [2.24, 2.45) is 5.92 Å². The van der Waals surface area contributed by atoms with Gasteiger partial charge in [-0.05, 0) is 12.3 Å². The van der Waals surface area contributed by atoms with Gasteiger partial charge in [0.2, 0.25) is 5.91 Å². The van der Waals surface area contributed by atoms with E-state index in [1.807, 2.05) is 0 Å². The molecule has 0 heterocycles. The minimum absolute atomic E-state index is 0.103. The highest BCUT2D eigenvalue weighted by atomic mass is 79.9. The highest BCUT2D eigenvalue weighted by Crippen LogP contribution is 1.93. The van der Waals surface area contributed by atoms with Crippen molar-refractivity contribution >= 4 is 21.8 Å². The van der Waals surface area contributed by atoms with Crippen LogP contribution in [0.5, 0.6) is 0 Å². The zero-order valence-electron chi connectivity index (χ0n) is 9.01. The van der Waals surface area contributed by atoms with Gasteiger partial charge >= 0.3 is 0 Å². The van der Waals surface area contributed by atoms with Crippen LogP contribution in [-0.2, 0) is 9.53 Å². The molecule has 0 aromatic heterocycles. The summed E-state index contributed by atoms with van der Waals surface area (Å²) < 4.78 is 5.38. The first-order valence-electron chi connectivity index (χ1n) is 5.07. The van der Waals surface area contributed by atoms with E-state index >= 15 is 0 Å². The Hall–Kier alpha value is -0.0900. The highest BCUT2D eigenvalue weighted by molar-refractivity contribution is 9.09. The quantitative estimate of drug-likeness (QED) is 0.538. The third-order valence-corrected chi connectivity index (χ3v) is 1.96. The van der Waals surface area contributed by atoms with Gasteiger partial charge in [-0.15, -0.1) is 0 Å². The molecule has 0 aliphatic heterocycles. The van der Waals surface area contributed by atoms with Gasteiger partial charge in [-0.3, -0.25) is 4.79 Å². The second-order valence-electron chi connectivity index (χ2n) is 3.61. The van der Waals surface area contributed by atoms with E-state index in [9.17, 15) is 4.79 Å². The molecule has 14 heavy (non-hydrogen) atoms. The van der Waals surface area contributed by atoms with Crippen LogP contribution in [0.3, 0.4) is 0 Å². The third kappa shape index (κ3) is 9.99. The summed E-state index contributed by atoms with van der Waals surface area (Å²) in [5, 5.41) is 3.55. The first-order valence-corrected chi connectivity index (χ1v) is 6.19. The fourth-order valence-corrected chi connectivity index (χ4v) is 1.26. The van der Waals surface area contributed by atoms with Crippen molar-refractivity contribution in [3.8, 4) is 0 Å². The van der Waals surface area contributed by atoms with Gasteiger partial charge < -0.3 is 10.1 Å². The first-order chi connectivity index (χ1) is 6.66. The van der Waals surface area contributed by atoms with Crippen LogP contribution in [0.1, 0.15) is 26.7 Å². The molecule has 0 fully saturated rings. The standard InChI is InChI=1S/C10H20BrNO2/c1-9(2)8-14-7-3-6-12-10(13)4-5-11/h9H,3-8H2,1-2H3,(H,12,13). The summed E-state index contributed by atoms with van der Waals surface area (Å²) in [6.07, 6.45) is 1.44. The molecule has 0 aliphatic carbocycles. The van der Waals surface area contributed by atoms with Crippen molar-refractivity contribution in [3.63, 3.8) is 0 Å². The molecule has 0 spiro atoms. The second kappa shape index (κ2) is 9.46. The largest absolute Gasteiger partial charge is 0.381 e. The summed E-state index contributed by atoms with van der Waals surface area (Å²) in [5.74, 6) is 0.684. The molecule has 3 nitrogen and oxygen atoms in total. The van der Waals surface area contributed by atoms with Gasteiger partial charge in [0.25, 0.3) is 0 Å². The van der Waals surface area contributed by atoms with Crippen molar-refractivity contribution < 1.29 is 9.53 Å². The number of hydrogen-bond donors (Lipinski definition) is 1. The average molecular weight is 266 g/mol. The summed E-state index contributed by atoms with van der Waals surface area (Å²) >= 11 is 3.21. The molecule has 0 aromatic carbocycles. The Morgan fingerprint density at radius 2 is 2.21 bits per heavy atom. The van der Waals surface area contributed by atoms with Gasteiger partial charge in [0.15, 0.2) is 0 Å². The number of nitrogens with one attached hydrogen (secondary N) is 1. The van der Waals surface area contributed by atoms with Crippen molar-refractivity contribution in [1.29, 1.82) is 0 Å². The van der Waals surface area contributed by atoms with Crippen LogP contribution in [0.2, 0.25) is 0 Å². The fourth-order valence-electron chi connectivity index (χ4n) is 0.895. The maximum absolute atomic E-state index is 11.0. The summed E-state index contributed by atoms with van der Waals surface area (Å²) in [6.45, 7) is 6.49. The Kier molecular flexibility index (Phi) is 9.40. The molecule has 1 N–H and O–H groups in total. The van der Waals surface area contributed by atoms with Crippen molar-refractivity contribution in [1.82, 2.24) is 5.32 Å². The Morgan fingerprint density at radius 1 is 1.50 bits per heavy atom. The first kappa shape index (κ1) is 13.9. The molecule has 0 rings (SSSR count). The lowest BCUT2D eigenvalue weighted by molar-refractivity contribution is -0.120. The molecule has 1 amide bonds. The molecule has 0 saturated carbocycles. The van der Waals surface area contributed by atoms with E-state index in [4.69, 9.17) is 4.74 Å². The van der Waals surface area contributed by atoms with Crippen LogP contribution in [0.15, 0.2) is 0 Å². The zero-order valence-corrected chi connectivity index (χ0v) is 10.6. The smallest absolute Gasteiger partial charge is 0.220 e. The maximum atomic E-state index is 11.0. The fraction of sp³-hybridized carbons (Fsp3) is 0.900. The molecule has 0 aromatic rings.